The van der Waals surface area contributed by atoms with Gasteiger partial charge in [0, 0.05) is 19.6 Å². The number of piperidine rings is 1. The summed E-state index contributed by atoms with van der Waals surface area (Å²) in [6.07, 6.45) is 7.58. The number of nitrogens with zero attached hydrogens (tertiary/aromatic N) is 1. The van der Waals surface area contributed by atoms with Gasteiger partial charge in [-0.1, -0.05) is 56.3 Å². The number of rotatable bonds is 6. The van der Waals surface area contributed by atoms with Gasteiger partial charge in [-0.05, 0) is 49.2 Å². The molecule has 2 aliphatic rings. The maximum atomic E-state index is 13.2. The average molecular weight is 356 g/mol. The van der Waals surface area contributed by atoms with E-state index in [1.807, 2.05) is 23.1 Å². The van der Waals surface area contributed by atoms with Crippen LogP contribution in [0.2, 0.25) is 0 Å². The molecule has 2 fully saturated rings. The number of hydrogen-bond acceptors (Lipinski definition) is 3. The summed E-state index contributed by atoms with van der Waals surface area (Å²) in [5.74, 6) is 0.741. The van der Waals surface area contributed by atoms with Gasteiger partial charge in [-0.3, -0.25) is 4.79 Å². The van der Waals surface area contributed by atoms with Crippen molar-refractivity contribution in [2.24, 2.45) is 11.3 Å². The number of amides is 1. The van der Waals surface area contributed by atoms with Gasteiger partial charge in [0.25, 0.3) is 0 Å². The van der Waals surface area contributed by atoms with Crippen LogP contribution in [0.15, 0.2) is 36.4 Å². The minimum absolute atomic E-state index is 0.0167. The zero-order chi connectivity index (χ0) is 18.4. The van der Waals surface area contributed by atoms with E-state index in [-0.39, 0.29) is 11.9 Å². The fourth-order valence-corrected chi connectivity index (χ4v) is 4.23. The molecule has 2 aliphatic heterocycles. The Hall–Kier alpha value is -1.65. The third kappa shape index (κ3) is 4.95. The predicted octanol–water partition coefficient (Wildman–Crippen LogP) is 2.92. The molecule has 1 atom stereocenters. The van der Waals surface area contributed by atoms with Gasteiger partial charge in [0.2, 0.25) is 5.91 Å². The summed E-state index contributed by atoms with van der Waals surface area (Å²) in [5.41, 5.74) is 1.51. The first-order chi connectivity index (χ1) is 12.6. The molecule has 142 valence electrons. The van der Waals surface area contributed by atoms with E-state index < -0.39 is 0 Å². The van der Waals surface area contributed by atoms with E-state index >= 15 is 0 Å². The van der Waals surface area contributed by atoms with Crippen LogP contribution in [0.4, 0.5) is 0 Å². The molecule has 2 saturated heterocycles. The standard InChI is InChI=1S/C22H33N3O/c1-18(2)16-25(14-6-9-19-7-4-3-5-8-19)21(26)20-15-22(17-24-20)10-12-23-13-11-22/h3-9,18,20,23-24H,10-17H2,1-2H3. The number of nitrogens with one attached hydrogen (secondary N) is 2. The van der Waals surface area contributed by atoms with Crippen molar-refractivity contribution in [3.8, 4) is 0 Å². The minimum atomic E-state index is -0.0167. The molecule has 3 rings (SSSR count). The highest BCUT2D eigenvalue weighted by Crippen LogP contribution is 2.37. The second-order valence-corrected chi connectivity index (χ2v) is 8.34. The largest absolute Gasteiger partial charge is 0.337 e. The van der Waals surface area contributed by atoms with Gasteiger partial charge in [0.05, 0.1) is 6.04 Å². The van der Waals surface area contributed by atoms with Crippen LogP contribution in [-0.2, 0) is 4.79 Å². The molecule has 1 aromatic rings. The van der Waals surface area contributed by atoms with Gasteiger partial charge in [-0.15, -0.1) is 0 Å². The van der Waals surface area contributed by atoms with Gasteiger partial charge in [-0.2, -0.15) is 0 Å². The number of benzene rings is 1. The molecule has 1 amide bonds. The number of hydrogen-bond donors (Lipinski definition) is 2. The van der Waals surface area contributed by atoms with Gasteiger partial charge in [0.15, 0.2) is 0 Å². The predicted molar refractivity (Wildman–Crippen MR) is 108 cm³/mol. The monoisotopic (exact) mass is 355 g/mol. The van der Waals surface area contributed by atoms with Crippen molar-refractivity contribution in [3.05, 3.63) is 42.0 Å². The summed E-state index contributed by atoms with van der Waals surface area (Å²) in [6.45, 7) is 9.00. The Labute approximate surface area is 158 Å². The second kappa shape index (κ2) is 8.83. The van der Waals surface area contributed by atoms with Crippen LogP contribution in [0.5, 0.6) is 0 Å². The van der Waals surface area contributed by atoms with Crippen LogP contribution >= 0.6 is 0 Å². The third-order valence-electron chi connectivity index (χ3n) is 5.66. The molecule has 2 N–H and O–H groups in total. The molecule has 4 heteroatoms. The van der Waals surface area contributed by atoms with E-state index in [1.165, 1.54) is 18.4 Å². The first-order valence-corrected chi connectivity index (χ1v) is 10.0. The first kappa shape index (κ1) is 19.1. The summed E-state index contributed by atoms with van der Waals surface area (Å²) in [4.78, 5) is 15.2. The third-order valence-corrected chi connectivity index (χ3v) is 5.66. The lowest BCUT2D eigenvalue weighted by atomic mass is 9.77. The summed E-state index contributed by atoms with van der Waals surface area (Å²) in [7, 11) is 0. The molecule has 0 aliphatic carbocycles. The lowest BCUT2D eigenvalue weighted by molar-refractivity contribution is -0.133. The van der Waals surface area contributed by atoms with E-state index in [2.05, 4.69) is 48.8 Å². The van der Waals surface area contributed by atoms with Crippen molar-refractivity contribution in [2.75, 3.05) is 32.7 Å². The summed E-state index contributed by atoms with van der Waals surface area (Å²) >= 11 is 0. The van der Waals surface area contributed by atoms with E-state index in [1.54, 1.807) is 0 Å². The molecule has 0 aromatic heterocycles. The zero-order valence-corrected chi connectivity index (χ0v) is 16.2. The van der Waals surface area contributed by atoms with Crippen molar-refractivity contribution in [1.29, 1.82) is 0 Å². The zero-order valence-electron chi connectivity index (χ0n) is 16.2. The first-order valence-electron chi connectivity index (χ1n) is 10.0. The maximum absolute atomic E-state index is 13.2. The fraction of sp³-hybridized carbons (Fsp3) is 0.591. The number of carbonyl (C=O) groups excluding carboxylic acids is 1. The molecule has 4 nitrogen and oxygen atoms in total. The lowest BCUT2D eigenvalue weighted by Gasteiger charge is -2.33. The molecule has 1 aromatic carbocycles. The highest BCUT2D eigenvalue weighted by molar-refractivity contribution is 5.82. The Morgan fingerprint density at radius 2 is 2.00 bits per heavy atom. The summed E-state index contributed by atoms with van der Waals surface area (Å²) in [5, 5.41) is 6.98. The molecular weight excluding hydrogens is 322 g/mol. The van der Waals surface area contributed by atoms with E-state index in [9.17, 15) is 4.79 Å². The highest BCUT2D eigenvalue weighted by Gasteiger charge is 2.43. The molecule has 0 radical (unpaired) electrons. The Morgan fingerprint density at radius 1 is 1.27 bits per heavy atom. The van der Waals surface area contributed by atoms with Gasteiger partial charge >= 0.3 is 0 Å². The Bertz CT molecular complexity index is 605. The quantitative estimate of drug-likeness (QED) is 0.825. The Morgan fingerprint density at radius 3 is 2.69 bits per heavy atom. The fourth-order valence-electron chi connectivity index (χ4n) is 4.23. The minimum Gasteiger partial charge on any atom is -0.337 e. The van der Waals surface area contributed by atoms with Crippen LogP contribution in [-0.4, -0.2) is 49.6 Å². The van der Waals surface area contributed by atoms with Crippen molar-refractivity contribution in [3.63, 3.8) is 0 Å². The van der Waals surface area contributed by atoms with Crippen LogP contribution in [0, 0.1) is 11.3 Å². The Balaban J connectivity index is 1.61. The van der Waals surface area contributed by atoms with Crippen molar-refractivity contribution >= 4 is 12.0 Å². The van der Waals surface area contributed by atoms with Crippen molar-refractivity contribution in [1.82, 2.24) is 15.5 Å². The van der Waals surface area contributed by atoms with Crippen molar-refractivity contribution < 1.29 is 4.79 Å². The molecule has 0 saturated carbocycles. The molecular formula is C22H33N3O. The Kier molecular flexibility index (Phi) is 6.49. The average Bonchev–Trinajstić information content (AvgIpc) is 3.05. The normalized spacial score (nSPS) is 22.3. The van der Waals surface area contributed by atoms with E-state index in [0.717, 1.165) is 32.6 Å². The maximum Gasteiger partial charge on any atom is 0.240 e. The van der Waals surface area contributed by atoms with E-state index in [0.29, 0.717) is 17.9 Å². The molecule has 1 spiro atoms. The summed E-state index contributed by atoms with van der Waals surface area (Å²) in [6, 6.07) is 10.3. The molecule has 1 unspecified atom stereocenters. The van der Waals surface area contributed by atoms with Crippen LogP contribution in [0.25, 0.3) is 6.08 Å². The van der Waals surface area contributed by atoms with E-state index in [4.69, 9.17) is 0 Å². The van der Waals surface area contributed by atoms with Gasteiger partial charge < -0.3 is 15.5 Å². The van der Waals surface area contributed by atoms with Crippen molar-refractivity contribution in [2.45, 2.75) is 39.2 Å². The lowest BCUT2D eigenvalue weighted by Crippen LogP contribution is -2.45. The highest BCUT2D eigenvalue weighted by atomic mass is 16.2. The van der Waals surface area contributed by atoms with Gasteiger partial charge in [0.1, 0.15) is 0 Å². The van der Waals surface area contributed by atoms with Crippen LogP contribution < -0.4 is 10.6 Å². The smallest absolute Gasteiger partial charge is 0.240 e. The van der Waals surface area contributed by atoms with Gasteiger partial charge in [-0.25, -0.2) is 0 Å². The SMILES string of the molecule is CC(C)CN(CC=Cc1ccccc1)C(=O)C1CC2(CCNCC2)CN1. The summed E-state index contributed by atoms with van der Waals surface area (Å²) < 4.78 is 0. The topological polar surface area (TPSA) is 44.4 Å². The number of carbonyl (C=O) groups is 1. The second-order valence-electron chi connectivity index (χ2n) is 8.34. The van der Waals surface area contributed by atoms with Crippen LogP contribution in [0.1, 0.15) is 38.7 Å². The molecule has 0 bridgehead atoms. The molecule has 26 heavy (non-hydrogen) atoms. The molecule has 2 heterocycles. The van der Waals surface area contributed by atoms with Crippen LogP contribution in [0.3, 0.4) is 0 Å².